The molecule has 3 heterocycles. The topological polar surface area (TPSA) is 110 Å². The second-order valence-corrected chi connectivity index (χ2v) is 8.59. The summed E-state index contributed by atoms with van der Waals surface area (Å²) >= 11 is 0. The van der Waals surface area contributed by atoms with E-state index >= 15 is 0 Å². The van der Waals surface area contributed by atoms with E-state index in [1.54, 1.807) is 30.3 Å². The number of halogens is 1. The summed E-state index contributed by atoms with van der Waals surface area (Å²) in [6.45, 7) is 0.965. The molecule has 0 bridgehead atoms. The average molecular weight is 416 g/mol. The smallest absolute Gasteiger partial charge is 0.359 e. The minimum Gasteiger partial charge on any atom is -0.870 e. The van der Waals surface area contributed by atoms with Crippen LogP contribution in [0, 0.1) is 5.82 Å². The van der Waals surface area contributed by atoms with Crippen LogP contribution in [-0.2, 0) is 10.0 Å². The van der Waals surface area contributed by atoms with E-state index < -0.39 is 15.8 Å². The zero-order valence-corrected chi connectivity index (χ0v) is 15.9. The molecule has 1 fully saturated rings. The van der Waals surface area contributed by atoms with Crippen LogP contribution >= 0.6 is 0 Å². The highest BCUT2D eigenvalue weighted by molar-refractivity contribution is 7.89. The monoisotopic (exact) mass is 416 g/mol. The average Bonchev–Trinajstić information content (AvgIpc) is 2.96. The van der Waals surface area contributed by atoms with Crippen molar-refractivity contribution in [1.82, 2.24) is 14.2 Å². The Morgan fingerprint density at radius 2 is 1.79 bits per heavy atom. The van der Waals surface area contributed by atoms with Crippen LogP contribution in [0.3, 0.4) is 0 Å². The number of sulfonamides is 1. The molecule has 2 aromatic carbocycles. The summed E-state index contributed by atoms with van der Waals surface area (Å²) in [7, 11) is -3.69. The number of aromatic nitrogens is 3. The van der Waals surface area contributed by atoms with Gasteiger partial charge < -0.3 is 10.6 Å². The summed E-state index contributed by atoms with van der Waals surface area (Å²) < 4.78 is 43.8. The number of hydrogen-bond acceptors (Lipinski definition) is 5. The van der Waals surface area contributed by atoms with Gasteiger partial charge in [-0.1, -0.05) is 27.4 Å². The fourth-order valence-electron chi connectivity index (χ4n) is 3.42. The Labute approximate surface area is 165 Å². The first-order chi connectivity index (χ1) is 13.5. The standard InChI is InChI=1S/C19H15FN4O3S.H2O/c20-13-5-3-6-14(11-13)23-19(25)17-12-18(28(26,27)22-9-4-10-22)15-7-1-2-8-16(15)24(17)21-23;/h1-3,5-8,11-12H,4,9-10H2;1H2. The molecular formula is C19H17FN4O4S. The Balaban J connectivity index is 0.00000205. The van der Waals surface area contributed by atoms with E-state index in [4.69, 9.17) is 0 Å². The Kier molecular flexibility index (Phi) is 4.49. The van der Waals surface area contributed by atoms with Crippen LogP contribution in [0.25, 0.3) is 22.1 Å². The van der Waals surface area contributed by atoms with Gasteiger partial charge in [-0.2, -0.15) is 4.31 Å². The number of fused-ring (bicyclic) bond motifs is 3. The van der Waals surface area contributed by atoms with Crippen molar-refractivity contribution in [3.05, 3.63) is 60.4 Å². The lowest BCUT2D eigenvalue weighted by Crippen LogP contribution is -2.42. The van der Waals surface area contributed by atoms with E-state index in [0.717, 1.165) is 6.42 Å². The van der Waals surface area contributed by atoms with Crippen molar-refractivity contribution in [3.63, 3.8) is 0 Å². The van der Waals surface area contributed by atoms with Crippen molar-refractivity contribution in [2.45, 2.75) is 11.3 Å². The SMILES string of the molecule is O=S(=O)(c1cc2c(O)n(-c3cccc(F)c3)n[n+]2c2ccccc12)N1CCC1.[OH-]. The predicted molar refractivity (Wildman–Crippen MR) is 101 cm³/mol. The van der Waals surface area contributed by atoms with Gasteiger partial charge in [0, 0.05) is 30.6 Å². The van der Waals surface area contributed by atoms with Gasteiger partial charge in [-0.15, -0.1) is 0 Å². The molecule has 0 spiro atoms. The van der Waals surface area contributed by atoms with Crippen LogP contribution in [-0.4, -0.2) is 46.3 Å². The van der Waals surface area contributed by atoms with Crippen LogP contribution in [0.2, 0.25) is 0 Å². The van der Waals surface area contributed by atoms with Crippen LogP contribution in [0.15, 0.2) is 59.5 Å². The van der Waals surface area contributed by atoms with Crippen LogP contribution in [0.1, 0.15) is 6.42 Å². The fraction of sp³-hybridized carbons (Fsp3) is 0.158. The maximum Gasteiger partial charge on any atom is 0.359 e. The Morgan fingerprint density at radius 3 is 2.48 bits per heavy atom. The molecule has 150 valence electrons. The van der Waals surface area contributed by atoms with Crippen molar-refractivity contribution in [2.75, 3.05) is 13.1 Å². The maximum absolute atomic E-state index is 13.6. The lowest BCUT2D eigenvalue weighted by atomic mass is 10.2. The molecule has 2 N–H and O–H groups in total. The van der Waals surface area contributed by atoms with E-state index in [2.05, 4.69) is 5.21 Å². The van der Waals surface area contributed by atoms with E-state index in [9.17, 15) is 17.9 Å². The Bertz CT molecular complexity index is 1350. The van der Waals surface area contributed by atoms with Crippen LogP contribution in [0.5, 0.6) is 5.88 Å². The normalized spacial score (nSPS) is 14.7. The predicted octanol–water partition coefficient (Wildman–Crippen LogP) is 1.83. The maximum atomic E-state index is 13.6. The number of hydrogen-bond donors (Lipinski definition) is 1. The molecule has 0 saturated carbocycles. The van der Waals surface area contributed by atoms with Gasteiger partial charge in [-0.25, -0.2) is 12.8 Å². The molecule has 1 aliphatic rings. The number of nitrogens with zero attached hydrogens (tertiary/aromatic N) is 4. The quantitative estimate of drug-likeness (QED) is 0.513. The van der Waals surface area contributed by atoms with E-state index in [1.165, 1.54) is 37.8 Å². The second kappa shape index (κ2) is 6.76. The molecule has 2 aromatic heterocycles. The molecule has 10 heteroatoms. The fourth-order valence-corrected chi connectivity index (χ4v) is 5.15. The summed E-state index contributed by atoms with van der Waals surface area (Å²) in [4.78, 5) is 0.122. The Hall–Kier alpha value is -3.08. The summed E-state index contributed by atoms with van der Waals surface area (Å²) in [6.07, 6.45) is 0.830. The molecule has 0 radical (unpaired) electrons. The molecule has 0 atom stereocenters. The lowest BCUT2D eigenvalue weighted by Gasteiger charge is -2.29. The minimum atomic E-state index is -3.69. The van der Waals surface area contributed by atoms with Crippen molar-refractivity contribution in [2.24, 2.45) is 0 Å². The van der Waals surface area contributed by atoms with Crippen molar-refractivity contribution < 1.29 is 27.9 Å². The molecular weight excluding hydrogens is 399 g/mol. The highest BCUT2D eigenvalue weighted by Gasteiger charge is 2.34. The molecule has 0 unspecified atom stereocenters. The molecule has 1 aliphatic heterocycles. The van der Waals surface area contributed by atoms with Crippen molar-refractivity contribution in [1.29, 1.82) is 0 Å². The summed E-state index contributed by atoms with van der Waals surface area (Å²) in [5, 5.41) is 15.6. The van der Waals surface area contributed by atoms with Gasteiger partial charge in [-0.3, -0.25) is 0 Å². The van der Waals surface area contributed by atoms with Gasteiger partial charge in [0.1, 0.15) is 11.0 Å². The second-order valence-electron chi connectivity index (χ2n) is 6.69. The number of pyridine rings is 1. The first-order valence-electron chi connectivity index (χ1n) is 8.79. The highest BCUT2D eigenvalue weighted by atomic mass is 32.2. The lowest BCUT2D eigenvalue weighted by molar-refractivity contribution is -0.555. The molecule has 4 aromatic rings. The van der Waals surface area contributed by atoms with E-state index in [0.29, 0.717) is 29.7 Å². The third-order valence-corrected chi connectivity index (χ3v) is 6.93. The van der Waals surface area contributed by atoms with Crippen LogP contribution < -0.4 is 4.52 Å². The first kappa shape index (κ1) is 19.2. The van der Waals surface area contributed by atoms with E-state index in [-0.39, 0.29) is 21.8 Å². The molecule has 8 nitrogen and oxygen atoms in total. The number of para-hydroxylation sites is 1. The zero-order valence-electron chi connectivity index (χ0n) is 15.1. The summed E-state index contributed by atoms with van der Waals surface area (Å²) in [5.74, 6) is -0.733. The summed E-state index contributed by atoms with van der Waals surface area (Å²) in [5.41, 5.74) is 1.09. The van der Waals surface area contributed by atoms with Gasteiger partial charge in [0.2, 0.25) is 15.5 Å². The molecule has 0 amide bonds. The third-order valence-electron chi connectivity index (χ3n) is 4.99. The van der Waals surface area contributed by atoms with Gasteiger partial charge in [0.05, 0.1) is 4.90 Å². The first-order valence-corrected chi connectivity index (χ1v) is 10.2. The molecule has 1 saturated heterocycles. The van der Waals surface area contributed by atoms with E-state index in [1.807, 2.05) is 0 Å². The van der Waals surface area contributed by atoms with Crippen molar-refractivity contribution in [3.8, 4) is 11.6 Å². The van der Waals surface area contributed by atoms with Gasteiger partial charge in [0.15, 0.2) is 11.2 Å². The van der Waals surface area contributed by atoms with Gasteiger partial charge in [-0.05, 0) is 30.7 Å². The Morgan fingerprint density at radius 1 is 1.03 bits per heavy atom. The molecule has 5 rings (SSSR count). The van der Waals surface area contributed by atoms with Crippen molar-refractivity contribution >= 4 is 26.4 Å². The number of aromatic hydroxyl groups is 1. The number of rotatable bonds is 3. The zero-order chi connectivity index (χ0) is 19.5. The van der Waals surface area contributed by atoms with Gasteiger partial charge in [0.25, 0.3) is 0 Å². The third kappa shape index (κ3) is 2.84. The number of benzene rings is 2. The minimum absolute atomic E-state index is 0. The molecule has 0 aliphatic carbocycles. The molecule has 29 heavy (non-hydrogen) atoms. The largest absolute Gasteiger partial charge is 0.870 e. The van der Waals surface area contributed by atoms with Crippen LogP contribution in [0.4, 0.5) is 4.39 Å². The van der Waals surface area contributed by atoms with Gasteiger partial charge >= 0.3 is 5.88 Å². The summed E-state index contributed by atoms with van der Waals surface area (Å²) in [6, 6.07) is 14.1. The highest BCUT2D eigenvalue weighted by Crippen LogP contribution is 2.30.